The summed E-state index contributed by atoms with van der Waals surface area (Å²) in [5.74, 6) is 1.60. The quantitative estimate of drug-likeness (QED) is 0.812. The first-order chi connectivity index (χ1) is 13.1. The Morgan fingerprint density at radius 1 is 1.26 bits per heavy atom. The number of pyridine rings is 1. The number of ether oxygens (including phenoxy) is 3. The van der Waals surface area contributed by atoms with Gasteiger partial charge in [-0.1, -0.05) is 6.07 Å². The van der Waals surface area contributed by atoms with E-state index in [-0.39, 0.29) is 12.4 Å². The van der Waals surface area contributed by atoms with E-state index in [4.69, 9.17) is 14.2 Å². The van der Waals surface area contributed by atoms with E-state index in [2.05, 4.69) is 9.88 Å². The fourth-order valence-corrected chi connectivity index (χ4v) is 3.70. The summed E-state index contributed by atoms with van der Waals surface area (Å²) in [6, 6.07) is 7.09. The second-order valence-electron chi connectivity index (χ2n) is 6.90. The van der Waals surface area contributed by atoms with Crippen molar-refractivity contribution in [2.45, 2.75) is 31.9 Å². The van der Waals surface area contributed by atoms with Gasteiger partial charge >= 0.3 is 0 Å². The Bertz CT molecular complexity index is 822. The number of piperidine rings is 1. The average Bonchev–Trinajstić information content (AvgIpc) is 3.12. The second-order valence-corrected chi connectivity index (χ2v) is 6.90. The summed E-state index contributed by atoms with van der Waals surface area (Å²) >= 11 is 0. The van der Waals surface area contributed by atoms with Gasteiger partial charge < -0.3 is 19.3 Å². The van der Waals surface area contributed by atoms with Crippen molar-refractivity contribution in [3.8, 4) is 17.2 Å². The summed E-state index contributed by atoms with van der Waals surface area (Å²) in [4.78, 5) is 5.89. The molecule has 1 N–H and O–H groups in total. The minimum Gasteiger partial charge on any atom is -0.493 e. The van der Waals surface area contributed by atoms with E-state index in [9.17, 15) is 9.50 Å². The highest BCUT2D eigenvalue weighted by Gasteiger charge is 2.36. The molecule has 0 spiro atoms. The van der Waals surface area contributed by atoms with Crippen LogP contribution in [0.5, 0.6) is 17.2 Å². The lowest BCUT2D eigenvalue weighted by Gasteiger charge is -2.38. The molecule has 0 atom stereocenters. The van der Waals surface area contributed by atoms with Gasteiger partial charge in [-0.05, 0) is 31.9 Å². The molecule has 7 heteroatoms. The van der Waals surface area contributed by atoms with Crippen LogP contribution in [-0.4, -0.2) is 41.5 Å². The first kappa shape index (κ1) is 18.0. The molecular formula is C20H23FN2O4. The number of likely N-dealkylation sites (tertiary alicyclic amines) is 1. The molecule has 6 nitrogen and oxygen atoms in total. The highest BCUT2D eigenvalue weighted by Crippen LogP contribution is 2.40. The average molecular weight is 374 g/mol. The molecule has 4 rings (SSSR count). The normalized spacial score (nSPS) is 18.5. The van der Waals surface area contributed by atoms with Gasteiger partial charge in [0.25, 0.3) is 0 Å². The Labute approximate surface area is 157 Å². The zero-order chi connectivity index (χ0) is 18.9. The molecule has 144 valence electrons. The maximum atomic E-state index is 14.0. The number of rotatable bonds is 5. The van der Waals surface area contributed by atoms with E-state index in [0.29, 0.717) is 44.8 Å². The zero-order valence-corrected chi connectivity index (χ0v) is 15.3. The molecule has 2 aliphatic rings. The fourth-order valence-electron chi connectivity index (χ4n) is 3.70. The summed E-state index contributed by atoms with van der Waals surface area (Å²) in [5, 5.41) is 10.9. The largest absolute Gasteiger partial charge is 0.493 e. The summed E-state index contributed by atoms with van der Waals surface area (Å²) in [5.41, 5.74) is 0.119. The number of aliphatic hydroxyl groups is 1. The number of fused-ring (bicyclic) bond motifs is 1. The summed E-state index contributed by atoms with van der Waals surface area (Å²) in [6.07, 6.45) is 2.29. The number of benzene rings is 1. The molecule has 1 fully saturated rings. The van der Waals surface area contributed by atoms with Crippen molar-refractivity contribution in [2.24, 2.45) is 0 Å². The highest BCUT2D eigenvalue weighted by molar-refractivity contribution is 5.51. The number of aromatic nitrogens is 1. The van der Waals surface area contributed by atoms with Crippen LogP contribution in [0.3, 0.4) is 0 Å². The molecule has 3 heterocycles. The van der Waals surface area contributed by atoms with Crippen LogP contribution in [0.2, 0.25) is 0 Å². The fraction of sp³-hybridized carbons (Fsp3) is 0.450. The van der Waals surface area contributed by atoms with Crippen molar-refractivity contribution in [2.75, 3.05) is 26.5 Å². The smallest absolute Gasteiger partial charge is 0.231 e. The van der Waals surface area contributed by atoms with Crippen LogP contribution < -0.4 is 14.2 Å². The molecule has 0 aliphatic carbocycles. The van der Waals surface area contributed by atoms with E-state index in [1.807, 2.05) is 19.1 Å². The topological polar surface area (TPSA) is 64.1 Å². The Hall–Kier alpha value is -2.38. The van der Waals surface area contributed by atoms with Crippen molar-refractivity contribution in [3.63, 3.8) is 0 Å². The van der Waals surface area contributed by atoms with Gasteiger partial charge in [0.1, 0.15) is 5.75 Å². The molecule has 0 radical (unpaired) electrons. The van der Waals surface area contributed by atoms with Gasteiger partial charge in [0, 0.05) is 43.0 Å². The third-order valence-corrected chi connectivity index (χ3v) is 5.19. The molecule has 1 aromatic heterocycles. The number of halogens is 1. The maximum absolute atomic E-state index is 14.0. The molecule has 1 aromatic carbocycles. The van der Waals surface area contributed by atoms with Gasteiger partial charge in [-0.2, -0.15) is 4.39 Å². The van der Waals surface area contributed by atoms with E-state index in [0.717, 1.165) is 17.1 Å². The van der Waals surface area contributed by atoms with E-state index < -0.39 is 11.5 Å². The minimum atomic E-state index is -1.17. The molecule has 27 heavy (non-hydrogen) atoms. The van der Waals surface area contributed by atoms with Crippen LogP contribution in [0.25, 0.3) is 0 Å². The SMILES string of the molecule is CCOc1cc2c(cc1CN1CCC(O)(c3cccnc3F)CC1)OCO2. The Balaban J connectivity index is 1.47. The van der Waals surface area contributed by atoms with Crippen LogP contribution in [0.4, 0.5) is 4.39 Å². The van der Waals surface area contributed by atoms with Crippen LogP contribution in [0, 0.1) is 5.95 Å². The minimum absolute atomic E-state index is 0.220. The third kappa shape index (κ3) is 3.57. The number of hydrogen-bond donors (Lipinski definition) is 1. The molecule has 0 saturated carbocycles. The van der Waals surface area contributed by atoms with Gasteiger partial charge in [-0.25, -0.2) is 4.98 Å². The van der Waals surface area contributed by atoms with E-state index in [1.165, 1.54) is 6.20 Å². The van der Waals surface area contributed by atoms with Gasteiger partial charge in [0.05, 0.1) is 12.2 Å². The lowest BCUT2D eigenvalue weighted by atomic mass is 9.85. The molecule has 0 amide bonds. The Morgan fingerprint density at radius 2 is 2.00 bits per heavy atom. The molecule has 0 unspecified atom stereocenters. The van der Waals surface area contributed by atoms with Crippen LogP contribution in [0.15, 0.2) is 30.5 Å². The first-order valence-electron chi connectivity index (χ1n) is 9.20. The second kappa shape index (κ2) is 7.32. The molecule has 1 saturated heterocycles. The molecule has 2 aliphatic heterocycles. The Kier molecular flexibility index (Phi) is 4.88. The Morgan fingerprint density at radius 3 is 2.70 bits per heavy atom. The summed E-state index contributed by atoms with van der Waals surface area (Å²) in [6.45, 7) is 4.68. The maximum Gasteiger partial charge on any atom is 0.231 e. The zero-order valence-electron chi connectivity index (χ0n) is 15.3. The molecule has 2 aromatic rings. The number of nitrogens with zero attached hydrogens (tertiary/aromatic N) is 2. The van der Waals surface area contributed by atoms with Gasteiger partial charge in [0.2, 0.25) is 12.7 Å². The van der Waals surface area contributed by atoms with Gasteiger partial charge in [-0.15, -0.1) is 0 Å². The van der Waals surface area contributed by atoms with Crippen molar-refractivity contribution in [1.29, 1.82) is 0 Å². The lowest BCUT2D eigenvalue weighted by Crippen LogP contribution is -2.42. The third-order valence-electron chi connectivity index (χ3n) is 5.19. The predicted octanol–water partition coefficient (Wildman–Crippen LogP) is 2.83. The summed E-state index contributed by atoms with van der Waals surface area (Å²) in [7, 11) is 0. The predicted molar refractivity (Wildman–Crippen MR) is 96.3 cm³/mol. The van der Waals surface area contributed by atoms with Crippen LogP contribution in [0.1, 0.15) is 30.9 Å². The molecule has 0 bridgehead atoms. The van der Waals surface area contributed by atoms with E-state index in [1.54, 1.807) is 12.1 Å². The van der Waals surface area contributed by atoms with Gasteiger partial charge in [-0.3, -0.25) is 4.90 Å². The monoisotopic (exact) mass is 374 g/mol. The van der Waals surface area contributed by atoms with Crippen LogP contribution in [-0.2, 0) is 12.1 Å². The van der Waals surface area contributed by atoms with Crippen molar-refractivity contribution in [3.05, 3.63) is 47.5 Å². The van der Waals surface area contributed by atoms with Crippen LogP contribution >= 0.6 is 0 Å². The highest BCUT2D eigenvalue weighted by atomic mass is 19.1. The summed E-state index contributed by atoms with van der Waals surface area (Å²) < 4.78 is 30.7. The lowest BCUT2D eigenvalue weighted by molar-refractivity contribution is -0.0309. The molecular weight excluding hydrogens is 351 g/mol. The van der Waals surface area contributed by atoms with Gasteiger partial charge in [0.15, 0.2) is 11.5 Å². The van der Waals surface area contributed by atoms with Crippen molar-refractivity contribution < 1.29 is 23.7 Å². The van der Waals surface area contributed by atoms with Crippen molar-refractivity contribution in [1.82, 2.24) is 9.88 Å². The van der Waals surface area contributed by atoms with Crippen molar-refractivity contribution >= 4 is 0 Å². The number of hydrogen-bond acceptors (Lipinski definition) is 6. The van der Waals surface area contributed by atoms with E-state index >= 15 is 0 Å². The first-order valence-corrected chi connectivity index (χ1v) is 9.20. The standard InChI is InChI=1S/C20H23FN2O4/c1-2-25-16-11-18-17(26-13-27-18)10-14(16)12-23-8-5-20(24,6-9-23)15-4-3-7-22-19(15)21/h3-4,7,10-11,24H,2,5-6,8-9,12-13H2,1H3.